The first-order valence-corrected chi connectivity index (χ1v) is 11.6. The van der Waals surface area contributed by atoms with Crippen LogP contribution in [0.2, 0.25) is 5.02 Å². The minimum atomic E-state index is -0.476. The Morgan fingerprint density at radius 2 is 2.15 bits per heavy atom. The number of amides is 1. The molecule has 1 unspecified atom stereocenters. The number of hydrogen-bond donors (Lipinski definition) is 4. The maximum absolute atomic E-state index is 13.5. The lowest BCUT2D eigenvalue weighted by atomic mass is 10.1. The summed E-state index contributed by atoms with van der Waals surface area (Å²) in [4.78, 5) is 14.4. The summed E-state index contributed by atoms with van der Waals surface area (Å²) in [5.74, 6) is -0.228. The Kier molecular flexibility index (Phi) is 8.23. The fourth-order valence-corrected chi connectivity index (χ4v) is 4.10. The summed E-state index contributed by atoms with van der Waals surface area (Å²) in [5.41, 5.74) is 2.94. The Balaban J connectivity index is 1.49. The van der Waals surface area contributed by atoms with Crippen molar-refractivity contribution in [1.82, 2.24) is 10.2 Å². The van der Waals surface area contributed by atoms with E-state index in [1.54, 1.807) is 6.07 Å². The Labute approximate surface area is 203 Å². The van der Waals surface area contributed by atoms with Crippen LogP contribution in [0.1, 0.15) is 18.2 Å². The number of morpholine rings is 1. The molecule has 1 fully saturated rings. The van der Waals surface area contributed by atoms with E-state index in [2.05, 4.69) is 32.7 Å². The number of nitrogens with one attached hydrogen (secondary N) is 4. The second-order valence-electron chi connectivity index (χ2n) is 8.05. The number of benzene rings is 2. The number of halogens is 2. The van der Waals surface area contributed by atoms with E-state index >= 15 is 0 Å². The predicted octanol–water partition coefficient (Wildman–Crippen LogP) is 3.79. The molecule has 2 aromatic carbocycles. The number of rotatable bonds is 9. The molecule has 1 saturated heterocycles. The van der Waals surface area contributed by atoms with Gasteiger partial charge in [0.15, 0.2) is 0 Å². The standard InChI is InChI=1S/C24H29ClFN5O3/c1-2-23(32)30-21-13-17-20(14-22(21)34-9-3-6-31-7-10-33-11-8-31)27-15-28-24(17)29-16-4-5-19(26)18(25)12-16/h2,4-5,12-14,24,27-29H,1,3,6-11,15H2,(H,30,32). The van der Waals surface area contributed by atoms with E-state index in [9.17, 15) is 9.18 Å². The third kappa shape index (κ3) is 6.18. The molecular formula is C24H29ClFN5O3. The van der Waals surface area contributed by atoms with Gasteiger partial charge in [0.25, 0.3) is 0 Å². The highest BCUT2D eigenvalue weighted by Crippen LogP contribution is 2.37. The maximum atomic E-state index is 13.5. The normalized spacial score (nSPS) is 17.9. The molecule has 34 heavy (non-hydrogen) atoms. The van der Waals surface area contributed by atoms with Crippen LogP contribution in [0.3, 0.4) is 0 Å². The van der Waals surface area contributed by atoms with Gasteiger partial charge in [-0.15, -0.1) is 0 Å². The molecule has 2 aliphatic rings. The molecule has 0 saturated carbocycles. The molecule has 4 rings (SSSR count). The summed E-state index contributed by atoms with van der Waals surface area (Å²) in [5, 5.41) is 12.8. The molecule has 0 aromatic heterocycles. The topological polar surface area (TPSA) is 86.9 Å². The van der Waals surface area contributed by atoms with Crippen LogP contribution in [-0.4, -0.2) is 56.9 Å². The average molecular weight is 490 g/mol. The van der Waals surface area contributed by atoms with Gasteiger partial charge in [-0.05, 0) is 36.8 Å². The molecule has 0 radical (unpaired) electrons. The Morgan fingerprint density at radius 1 is 1.32 bits per heavy atom. The highest BCUT2D eigenvalue weighted by atomic mass is 35.5. The van der Waals surface area contributed by atoms with E-state index < -0.39 is 5.82 Å². The Morgan fingerprint density at radius 3 is 2.91 bits per heavy atom. The molecule has 0 aliphatic carbocycles. The molecule has 182 valence electrons. The summed E-state index contributed by atoms with van der Waals surface area (Å²) in [6.45, 7) is 8.89. The number of carbonyl (C=O) groups excluding carboxylic acids is 1. The fraction of sp³-hybridized carbons (Fsp3) is 0.375. The largest absolute Gasteiger partial charge is 0.491 e. The summed E-state index contributed by atoms with van der Waals surface area (Å²) in [6, 6.07) is 8.21. The van der Waals surface area contributed by atoms with Crippen molar-refractivity contribution in [1.29, 1.82) is 0 Å². The first-order chi connectivity index (χ1) is 16.5. The van der Waals surface area contributed by atoms with Crippen molar-refractivity contribution in [3.8, 4) is 5.75 Å². The van der Waals surface area contributed by atoms with Crippen LogP contribution in [0.4, 0.5) is 21.5 Å². The predicted molar refractivity (Wildman–Crippen MR) is 132 cm³/mol. The Hall–Kier alpha value is -2.85. The van der Waals surface area contributed by atoms with Crippen LogP contribution >= 0.6 is 11.6 Å². The van der Waals surface area contributed by atoms with Gasteiger partial charge in [0.2, 0.25) is 5.91 Å². The first-order valence-electron chi connectivity index (χ1n) is 11.3. The Bertz CT molecular complexity index is 1030. The van der Waals surface area contributed by atoms with Crippen molar-refractivity contribution in [3.63, 3.8) is 0 Å². The van der Waals surface area contributed by atoms with Gasteiger partial charge in [-0.2, -0.15) is 0 Å². The lowest BCUT2D eigenvalue weighted by Crippen LogP contribution is -2.37. The number of nitrogens with zero attached hydrogens (tertiary/aromatic N) is 1. The van der Waals surface area contributed by atoms with E-state index in [4.69, 9.17) is 21.1 Å². The second kappa shape index (κ2) is 11.5. The van der Waals surface area contributed by atoms with Crippen LogP contribution in [0, 0.1) is 5.82 Å². The minimum absolute atomic E-state index is 0.0407. The monoisotopic (exact) mass is 489 g/mol. The van der Waals surface area contributed by atoms with Gasteiger partial charge >= 0.3 is 0 Å². The molecule has 10 heteroatoms. The molecule has 2 aromatic rings. The molecule has 2 aliphatic heterocycles. The van der Waals surface area contributed by atoms with Gasteiger partial charge in [0.05, 0.1) is 37.2 Å². The second-order valence-corrected chi connectivity index (χ2v) is 8.46. The number of ether oxygens (including phenoxy) is 2. The average Bonchev–Trinajstić information content (AvgIpc) is 2.85. The van der Waals surface area contributed by atoms with Crippen LogP contribution in [0.5, 0.6) is 5.75 Å². The van der Waals surface area contributed by atoms with Gasteiger partial charge < -0.3 is 25.4 Å². The zero-order chi connectivity index (χ0) is 23.9. The quantitative estimate of drug-likeness (QED) is 0.315. The van der Waals surface area contributed by atoms with Gasteiger partial charge in [-0.1, -0.05) is 18.2 Å². The van der Waals surface area contributed by atoms with Crippen molar-refractivity contribution >= 4 is 34.6 Å². The zero-order valence-corrected chi connectivity index (χ0v) is 19.6. The number of anilines is 3. The summed E-state index contributed by atoms with van der Waals surface area (Å²) >= 11 is 5.93. The molecule has 4 N–H and O–H groups in total. The van der Waals surface area contributed by atoms with E-state index in [0.29, 0.717) is 30.4 Å². The molecular weight excluding hydrogens is 461 g/mol. The van der Waals surface area contributed by atoms with Crippen molar-refractivity contribution in [2.45, 2.75) is 12.6 Å². The van der Waals surface area contributed by atoms with E-state index in [1.165, 1.54) is 18.2 Å². The van der Waals surface area contributed by atoms with Gasteiger partial charge in [-0.3, -0.25) is 15.0 Å². The molecule has 1 atom stereocenters. The maximum Gasteiger partial charge on any atom is 0.247 e. The highest BCUT2D eigenvalue weighted by Gasteiger charge is 2.23. The van der Waals surface area contributed by atoms with Crippen LogP contribution in [0.25, 0.3) is 0 Å². The van der Waals surface area contributed by atoms with Crippen molar-refractivity contribution in [2.24, 2.45) is 0 Å². The van der Waals surface area contributed by atoms with Crippen LogP contribution in [-0.2, 0) is 9.53 Å². The molecule has 8 nitrogen and oxygen atoms in total. The number of carbonyl (C=O) groups is 1. The summed E-state index contributed by atoms with van der Waals surface area (Å²) < 4.78 is 25.0. The first kappa shape index (κ1) is 24.3. The van der Waals surface area contributed by atoms with E-state index in [0.717, 1.165) is 50.5 Å². The smallest absolute Gasteiger partial charge is 0.247 e. The van der Waals surface area contributed by atoms with E-state index in [1.807, 2.05) is 12.1 Å². The van der Waals surface area contributed by atoms with Crippen LogP contribution in [0.15, 0.2) is 43.0 Å². The molecule has 0 bridgehead atoms. The lowest BCUT2D eigenvalue weighted by molar-refractivity contribution is -0.111. The number of fused-ring (bicyclic) bond motifs is 1. The van der Waals surface area contributed by atoms with Crippen molar-refractivity contribution in [2.75, 3.05) is 62.1 Å². The van der Waals surface area contributed by atoms with Crippen LogP contribution < -0.4 is 26.0 Å². The highest BCUT2D eigenvalue weighted by molar-refractivity contribution is 6.31. The summed E-state index contributed by atoms with van der Waals surface area (Å²) in [6.07, 6.45) is 1.78. The fourth-order valence-electron chi connectivity index (χ4n) is 3.92. The van der Waals surface area contributed by atoms with Crippen molar-refractivity contribution < 1.29 is 18.7 Å². The third-order valence-corrected chi connectivity index (χ3v) is 5.99. The lowest BCUT2D eigenvalue weighted by Gasteiger charge is -2.31. The van der Waals surface area contributed by atoms with Gasteiger partial charge in [0, 0.05) is 42.6 Å². The molecule has 0 spiro atoms. The SMILES string of the molecule is C=CC(=O)Nc1cc2c(cc1OCCCN1CCOCC1)NCNC2Nc1ccc(F)c(Cl)c1. The van der Waals surface area contributed by atoms with Gasteiger partial charge in [-0.25, -0.2) is 4.39 Å². The molecule has 1 amide bonds. The number of hydrogen-bond acceptors (Lipinski definition) is 7. The zero-order valence-electron chi connectivity index (χ0n) is 18.8. The van der Waals surface area contributed by atoms with Gasteiger partial charge in [0.1, 0.15) is 17.7 Å². The molecule has 2 heterocycles. The van der Waals surface area contributed by atoms with E-state index in [-0.39, 0.29) is 17.1 Å². The minimum Gasteiger partial charge on any atom is -0.491 e. The summed E-state index contributed by atoms with van der Waals surface area (Å²) in [7, 11) is 0. The third-order valence-electron chi connectivity index (χ3n) is 5.70. The van der Waals surface area contributed by atoms with Crippen molar-refractivity contribution in [3.05, 3.63) is 59.4 Å².